The molecule has 0 saturated carbocycles. The van der Waals surface area contributed by atoms with E-state index in [4.69, 9.17) is 12.8 Å². The second kappa shape index (κ2) is 3.99. The van der Waals surface area contributed by atoms with Crippen molar-refractivity contribution < 1.29 is 0 Å². The highest BCUT2D eigenvalue weighted by Gasteiger charge is 2.10. The highest BCUT2D eigenvalue weighted by Crippen LogP contribution is 1.97. The van der Waals surface area contributed by atoms with E-state index in [0.29, 0.717) is 0 Å². The van der Waals surface area contributed by atoms with E-state index in [-0.39, 0.29) is 5.54 Å². The number of rotatable bonds is 3. The highest BCUT2D eigenvalue weighted by atomic mass is 14.9. The van der Waals surface area contributed by atoms with Gasteiger partial charge in [0.1, 0.15) is 0 Å². The van der Waals surface area contributed by atoms with E-state index < -0.39 is 0 Å². The smallest absolute Gasteiger partial charge is 0.0741 e. The fourth-order valence-corrected chi connectivity index (χ4v) is 0.498. The lowest BCUT2D eigenvalue weighted by Gasteiger charge is -2.18. The Kier molecular flexibility index (Phi) is 3.62. The molecule has 0 atom stereocenters. The lowest BCUT2D eigenvalue weighted by atomic mass is 10.1. The molecule has 0 rings (SSSR count). The molecule has 0 heterocycles. The Morgan fingerprint density at radius 2 is 2.00 bits per heavy atom. The van der Waals surface area contributed by atoms with E-state index >= 15 is 0 Å². The van der Waals surface area contributed by atoms with Crippen LogP contribution in [0.4, 0.5) is 0 Å². The minimum absolute atomic E-state index is 0.225. The lowest BCUT2D eigenvalue weighted by Crippen LogP contribution is -2.37. The summed E-state index contributed by atoms with van der Waals surface area (Å²) in [7, 11) is 0. The molecule has 0 saturated heterocycles. The average Bonchev–Trinajstić information content (AvgIpc) is 1.89. The molecule has 0 spiro atoms. The van der Waals surface area contributed by atoms with Crippen LogP contribution >= 0.6 is 0 Å². The number of terminal acetylenes is 2. The fraction of sp³-hybridized carbons (Fsp3) is 0.556. The van der Waals surface area contributed by atoms with Gasteiger partial charge < -0.3 is 5.32 Å². The van der Waals surface area contributed by atoms with Crippen molar-refractivity contribution in [2.75, 3.05) is 6.54 Å². The molecule has 0 aromatic carbocycles. The van der Waals surface area contributed by atoms with Crippen molar-refractivity contribution in [1.29, 1.82) is 0 Å². The van der Waals surface area contributed by atoms with Crippen LogP contribution in [0.2, 0.25) is 0 Å². The summed E-state index contributed by atoms with van der Waals surface area (Å²) in [6.45, 7) is 4.68. The number of nitrogens with one attached hydrogen (secondary N) is 1. The van der Waals surface area contributed by atoms with Crippen molar-refractivity contribution in [2.24, 2.45) is 0 Å². The summed E-state index contributed by atoms with van der Waals surface area (Å²) in [6, 6.07) is 0. The molecule has 0 aromatic rings. The lowest BCUT2D eigenvalue weighted by molar-refractivity contribution is 0.500. The highest BCUT2D eigenvalue weighted by molar-refractivity contribution is 5.07. The first-order valence-electron chi connectivity index (χ1n) is 3.28. The molecule has 1 nitrogen and oxygen atoms in total. The Morgan fingerprint density at radius 1 is 1.40 bits per heavy atom. The van der Waals surface area contributed by atoms with Gasteiger partial charge >= 0.3 is 0 Å². The molecular weight excluding hydrogens is 122 g/mol. The Morgan fingerprint density at radius 3 is 2.40 bits per heavy atom. The van der Waals surface area contributed by atoms with Crippen LogP contribution in [0, 0.1) is 24.7 Å². The van der Waals surface area contributed by atoms with Gasteiger partial charge in [-0.15, -0.1) is 18.8 Å². The van der Waals surface area contributed by atoms with Gasteiger partial charge in [0.2, 0.25) is 0 Å². The zero-order chi connectivity index (χ0) is 8.04. The number of hydrogen-bond donors (Lipinski definition) is 1. The van der Waals surface area contributed by atoms with Crippen molar-refractivity contribution >= 4 is 0 Å². The van der Waals surface area contributed by atoms with Crippen LogP contribution in [0.15, 0.2) is 0 Å². The van der Waals surface area contributed by atoms with Crippen LogP contribution in [0.25, 0.3) is 0 Å². The summed E-state index contributed by atoms with van der Waals surface area (Å²) in [5.41, 5.74) is -0.225. The molecule has 54 valence electrons. The maximum absolute atomic E-state index is 5.22. The fourth-order valence-electron chi connectivity index (χ4n) is 0.498. The van der Waals surface area contributed by atoms with Crippen LogP contribution < -0.4 is 5.32 Å². The molecule has 0 unspecified atom stereocenters. The third-order valence-electron chi connectivity index (χ3n) is 1.20. The Bertz CT molecular complexity index is 166. The van der Waals surface area contributed by atoms with Gasteiger partial charge in [0.15, 0.2) is 0 Å². The van der Waals surface area contributed by atoms with Crippen LogP contribution in [0.3, 0.4) is 0 Å². The summed E-state index contributed by atoms with van der Waals surface area (Å²) in [4.78, 5) is 0. The van der Waals surface area contributed by atoms with E-state index in [9.17, 15) is 0 Å². The molecule has 1 heteroatoms. The van der Waals surface area contributed by atoms with Gasteiger partial charge in [-0.05, 0) is 13.8 Å². The topological polar surface area (TPSA) is 12.0 Å². The summed E-state index contributed by atoms with van der Waals surface area (Å²) < 4.78 is 0. The van der Waals surface area contributed by atoms with Crippen LogP contribution in [-0.2, 0) is 0 Å². The Labute approximate surface area is 63.2 Å². The summed E-state index contributed by atoms with van der Waals surface area (Å²) in [5, 5.41) is 3.13. The van der Waals surface area contributed by atoms with Crippen LogP contribution in [0.5, 0.6) is 0 Å². The monoisotopic (exact) mass is 135 g/mol. The minimum Gasteiger partial charge on any atom is -0.301 e. The molecule has 0 aliphatic rings. The SMILES string of the molecule is C#CCCNC(C)(C)C#C. The molecular formula is C9H13N. The molecule has 0 aromatic heterocycles. The maximum Gasteiger partial charge on any atom is 0.0741 e. The maximum atomic E-state index is 5.22. The summed E-state index contributed by atoms with van der Waals surface area (Å²) in [6.07, 6.45) is 11.0. The van der Waals surface area contributed by atoms with Gasteiger partial charge in [0, 0.05) is 13.0 Å². The Hall–Kier alpha value is -0.920. The third kappa shape index (κ3) is 4.01. The zero-order valence-corrected chi connectivity index (χ0v) is 6.57. The second-order valence-electron chi connectivity index (χ2n) is 2.65. The van der Waals surface area contributed by atoms with E-state index in [1.165, 1.54) is 0 Å². The quantitative estimate of drug-likeness (QED) is 0.450. The van der Waals surface area contributed by atoms with E-state index in [0.717, 1.165) is 13.0 Å². The van der Waals surface area contributed by atoms with Gasteiger partial charge in [-0.25, -0.2) is 0 Å². The summed E-state index contributed by atoms with van der Waals surface area (Å²) in [5.74, 6) is 5.15. The normalized spacial score (nSPS) is 10.0. The zero-order valence-electron chi connectivity index (χ0n) is 6.57. The number of hydrogen-bond acceptors (Lipinski definition) is 1. The van der Waals surface area contributed by atoms with Crippen LogP contribution in [-0.4, -0.2) is 12.1 Å². The van der Waals surface area contributed by atoms with Crippen molar-refractivity contribution in [3.05, 3.63) is 0 Å². The predicted molar refractivity (Wildman–Crippen MR) is 44.4 cm³/mol. The standard InChI is InChI=1S/C9H13N/c1-5-7-8-10-9(3,4)6-2/h1-2,10H,7-8H2,3-4H3. The van der Waals surface area contributed by atoms with Gasteiger partial charge in [-0.1, -0.05) is 5.92 Å². The van der Waals surface area contributed by atoms with Gasteiger partial charge in [0.05, 0.1) is 5.54 Å². The van der Waals surface area contributed by atoms with Crippen molar-refractivity contribution in [2.45, 2.75) is 25.8 Å². The second-order valence-corrected chi connectivity index (χ2v) is 2.65. The van der Waals surface area contributed by atoms with Crippen molar-refractivity contribution in [3.63, 3.8) is 0 Å². The molecule has 0 bridgehead atoms. The first kappa shape index (κ1) is 9.08. The molecule has 0 fully saturated rings. The summed E-state index contributed by atoms with van der Waals surface area (Å²) >= 11 is 0. The predicted octanol–water partition coefficient (Wildman–Crippen LogP) is 1.01. The van der Waals surface area contributed by atoms with Crippen molar-refractivity contribution in [3.8, 4) is 24.7 Å². The molecule has 1 N–H and O–H groups in total. The Balaban J connectivity index is 3.52. The molecule has 0 aliphatic heterocycles. The first-order chi connectivity index (χ1) is 4.62. The van der Waals surface area contributed by atoms with Gasteiger partial charge in [0.25, 0.3) is 0 Å². The average molecular weight is 135 g/mol. The van der Waals surface area contributed by atoms with Crippen LogP contribution in [0.1, 0.15) is 20.3 Å². The minimum atomic E-state index is -0.225. The van der Waals surface area contributed by atoms with E-state index in [2.05, 4.69) is 17.2 Å². The van der Waals surface area contributed by atoms with E-state index in [1.54, 1.807) is 0 Å². The molecule has 0 amide bonds. The molecule has 10 heavy (non-hydrogen) atoms. The van der Waals surface area contributed by atoms with Gasteiger partial charge in [-0.2, -0.15) is 0 Å². The molecule has 0 aliphatic carbocycles. The van der Waals surface area contributed by atoms with Crippen molar-refractivity contribution in [1.82, 2.24) is 5.32 Å². The van der Waals surface area contributed by atoms with Gasteiger partial charge in [-0.3, -0.25) is 0 Å². The molecule has 0 radical (unpaired) electrons. The first-order valence-corrected chi connectivity index (χ1v) is 3.28. The third-order valence-corrected chi connectivity index (χ3v) is 1.20. The largest absolute Gasteiger partial charge is 0.301 e. The van der Waals surface area contributed by atoms with E-state index in [1.807, 2.05) is 13.8 Å².